The van der Waals surface area contributed by atoms with Crippen molar-refractivity contribution in [3.05, 3.63) is 53.6 Å². The molecule has 0 amide bonds. The summed E-state index contributed by atoms with van der Waals surface area (Å²) in [6, 6.07) is 11.7. The van der Waals surface area contributed by atoms with E-state index in [2.05, 4.69) is 4.74 Å². The largest absolute Gasteiger partial charge is 0.493 e. The van der Waals surface area contributed by atoms with Crippen molar-refractivity contribution in [3.8, 4) is 17.2 Å². The highest BCUT2D eigenvalue weighted by atomic mass is 16.5. The molecule has 132 valence electrons. The fourth-order valence-corrected chi connectivity index (χ4v) is 2.24. The van der Waals surface area contributed by atoms with Crippen molar-refractivity contribution in [1.82, 2.24) is 0 Å². The van der Waals surface area contributed by atoms with Gasteiger partial charge in [-0.25, -0.2) is 4.79 Å². The topological polar surface area (TPSA) is 71.1 Å². The van der Waals surface area contributed by atoms with Gasteiger partial charge in [-0.15, -0.1) is 0 Å². The van der Waals surface area contributed by atoms with E-state index >= 15 is 0 Å². The van der Waals surface area contributed by atoms with Crippen LogP contribution in [0.25, 0.3) is 0 Å². The second kappa shape index (κ2) is 8.73. The van der Waals surface area contributed by atoms with Gasteiger partial charge in [0.1, 0.15) is 5.75 Å². The minimum absolute atomic E-state index is 0.217. The van der Waals surface area contributed by atoms with Crippen molar-refractivity contribution in [1.29, 1.82) is 0 Å². The predicted octanol–water partition coefficient (Wildman–Crippen LogP) is 3.03. The molecule has 0 radical (unpaired) electrons. The van der Waals surface area contributed by atoms with Crippen LogP contribution in [-0.4, -0.2) is 33.3 Å². The molecule has 2 aromatic carbocycles. The maximum Gasteiger partial charge on any atom is 0.337 e. The minimum atomic E-state index is -0.439. The number of aryl methyl sites for hydroxylation is 1. The molecule has 0 bridgehead atoms. The van der Waals surface area contributed by atoms with Gasteiger partial charge in [0.05, 0.1) is 26.9 Å². The van der Waals surface area contributed by atoms with Crippen molar-refractivity contribution in [2.45, 2.75) is 12.8 Å². The fourth-order valence-electron chi connectivity index (χ4n) is 2.24. The van der Waals surface area contributed by atoms with Crippen LogP contribution >= 0.6 is 0 Å². The summed E-state index contributed by atoms with van der Waals surface area (Å²) in [5.41, 5.74) is 1.34. The summed E-state index contributed by atoms with van der Waals surface area (Å²) in [4.78, 5) is 23.3. The average molecular weight is 344 g/mol. The molecule has 2 aromatic rings. The number of methoxy groups -OCH3 is 3. The van der Waals surface area contributed by atoms with E-state index in [1.165, 1.54) is 7.11 Å². The van der Waals surface area contributed by atoms with E-state index in [1.807, 2.05) is 12.1 Å². The van der Waals surface area contributed by atoms with Gasteiger partial charge in [-0.1, -0.05) is 6.07 Å². The summed E-state index contributed by atoms with van der Waals surface area (Å²) in [6.45, 7) is 0. The van der Waals surface area contributed by atoms with E-state index < -0.39 is 5.97 Å². The standard InChI is InChI=1S/C19H20O6/c1-22-16-10-4-13(12-17(16)23-2)5-11-18(20)25-15-8-6-14(7-9-15)19(21)24-3/h4,6-10,12H,5,11H2,1-3H3. The van der Waals surface area contributed by atoms with Crippen LogP contribution in [0.4, 0.5) is 0 Å². The first kappa shape index (κ1) is 18.3. The molecule has 2 rings (SSSR count). The van der Waals surface area contributed by atoms with Crippen LogP contribution in [0.5, 0.6) is 17.2 Å². The van der Waals surface area contributed by atoms with Gasteiger partial charge in [0.25, 0.3) is 0 Å². The highest BCUT2D eigenvalue weighted by Gasteiger charge is 2.10. The number of carbonyl (C=O) groups excluding carboxylic acids is 2. The molecule has 0 aliphatic rings. The van der Waals surface area contributed by atoms with Gasteiger partial charge in [0.15, 0.2) is 11.5 Å². The quantitative estimate of drug-likeness (QED) is 0.568. The van der Waals surface area contributed by atoms with E-state index in [4.69, 9.17) is 14.2 Å². The van der Waals surface area contributed by atoms with Crippen LogP contribution in [0.2, 0.25) is 0 Å². The van der Waals surface area contributed by atoms with Crippen LogP contribution in [-0.2, 0) is 16.0 Å². The third-order valence-electron chi connectivity index (χ3n) is 3.57. The first-order valence-corrected chi connectivity index (χ1v) is 7.67. The van der Waals surface area contributed by atoms with Crippen molar-refractivity contribution in [2.24, 2.45) is 0 Å². The number of hydrogen-bond donors (Lipinski definition) is 0. The highest BCUT2D eigenvalue weighted by Crippen LogP contribution is 2.28. The molecule has 6 heteroatoms. The Morgan fingerprint density at radius 3 is 2.16 bits per heavy atom. The number of carbonyl (C=O) groups is 2. The Labute approximate surface area is 146 Å². The molecule has 0 aromatic heterocycles. The zero-order chi connectivity index (χ0) is 18.2. The molecule has 6 nitrogen and oxygen atoms in total. The summed E-state index contributed by atoms with van der Waals surface area (Å²) in [5, 5.41) is 0. The third-order valence-corrected chi connectivity index (χ3v) is 3.57. The molecule has 0 heterocycles. The van der Waals surface area contributed by atoms with Crippen molar-refractivity contribution in [2.75, 3.05) is 21.3 Å². The van der Waals surface area contributed by atoms with E-state index in [1.54, 1.807) is 44.6 Å². The SMILES string of the molecule is COC(=O)c1ccc(OC(=O)CCc2ccc(OC)c(OC)c2)cc1. The lowest BCUT2D eigenvalue weighted by Crippen LogP contribution is -2.09. The Kier molecular flexibility index (Phi) is 6.39. The molecule has 0 atom stereocenters. The molecular formula is C19H20O6. The average Bonchev–Trinajstić information content (AvgIpc) is 2.66. The lowest BCUT2D eigenvalue weighted by Gasteiger charge is -2.09. The van der Waals surface area contributed by atoms with Gasteiger partial charge >= 0.3 is 11.9 Å². The molecule has 0 aliphatic carbocycles. The van der Waals surface area contributed by atoms with E-state index in [0.29, 0.717) is 29.2 Å². The third kappa shape index (κ3) is 4.97. The molecular weight excluding hydrogens is 324 g/mol. The molecule has 0 saturated carbocycles. The van der Waals surface area contributed by atoms with Crippen LogP contribution in [0.1, 0.15) is 22.3 Å². The number of esters is 2. The first-order valence-electron chi connectivity index (χ1n) is 7.67. The molecule has 0 N–H and O–H groups in total. The second-order valence-corrected chi connectivity index (χ2v) is 5.18. The number of hydrogen-bond acceptors (Lipinski definition) is 6. The smallest absolute Gasteiger partial charge is 0.337 e. The van der Waals surface area contributed by atoms with Gasteiger partial charge in [0, 0.05) is 6.42 Å². The summed E-state index contributed by atoms with van der Waals surface area (Å²) < 4.78 is 20.3. The van der Waals surface area contributed by atoms with Gasteiger partial charge in [-0.2, -0.15) is 0 Å². The molecule has 25 heavy (non-hydrogen) atoms. The molecule has 0 saturated heterocycles. The fraction of sp³-hybridized carbons (Fsp3) is 0.263. The van der Waals surface area contributed by atoms with E-state index in [-0.39, 0.29) is 12.4 Å². The maximum absolute atomic E-state index is 12.0. The minimum Gasteiger partial charge on any atom is -0.493 e. The molecule has 0 spiro atoms. The van der Waals surface area contributed by atoms with Crippen LogP contribution in [0.3, 0.4) is 0 Å². The summed E-state index contributed by atoms with van der Waals surface area (Å²) in [7, 11) is 4.44. The van der Waals surface area contributed by atoms with Crippen molar-refractivity contribution >= 4 is 11.9 Å². The molecule has 0 fully saturated rings. The van der Waals surface area contributed by atoms with E-state index in [0.717, 1.165) is 5.56 Å². The van der Waals surface area contributed by atoms with Crippen LogP contribution < -0.4 is 14.2 Å². The van der Waals surface area contributed by atoms with Gasteiger partial charge in [0.2, 0.25) is 0 Å². The number of rotatable bonds is 7. The van der Waals surface area contributed by atoms with Crippen LogP contribution in [0, 0.1) is 0 Å². The zero-order valence-corrected chi connectivity index (χ0v) is 14.4. The first-order chi connectivity index (χ1) is 12.1. The Bertz CT molecular complexity index is 736. The summed E-state index contributed by atoms with van der Waals surface area (Å²) in [5.74, 6) is 0.836. The Hall–Kier alpha value is -3.02. The zero-order valence-electron chi connectivity index (χ0n) is 14.4. The number of ether oxygens (including phenoxy) is 4. The molecule has 0 unspecified atom stereocenters. The molecule has 0 aliphatic heterocycles. The second-order valence-electron chi connectivity index (χ2n) is 5.18. The lowest BCUT2D eigenvalue weighted by molar-refractivity contribution is -0.134. The van der Waals surface area contributed by atoms with Gasteiger partial charge in [-0.3, -0.25) is 4.79 Å². The highest BCUT2D eigenvalue weighted by molar-refractivity contribution is 5.89. The van der Waals surface area contributed by atoms with Crippen molar-refractivity contribution < 1.29 is 28.5 Å². The van der Waals surface area contributed by atoms with Gasteiger partial charge < -0.3 is 18.9 Å². The Morgan fingerprint density at radius 2 is 1.56 bits per heavy atom. The normalized spacial score (nSPS) is 10.0. The van der Waals surface area contributed by atoms with Gasteiger partial charge in [-0.05, 0) is 48.4 Å². The maximum atomic E-state index is 12.0. The predicted molar refractivity (Wildman–Crippen MR) is 91.3 cm³/mol. The monoisotopic (exact) mass is 344 g/mol. The number of benzene rings is 2. The van der Waals surface area contributed by atoms with Crippen molar-refractivity contribution in [3.63, 3.8) is 0 Å². The summed E-state index contributed by atoms with van der Waals surface area (Å²) in [6.07, 6.45) is 0.730. The van der Waals surface area contributed by atoms with Crippen LogP contribution in [0.15, 0.2) is 42.5 Å². The summed E-state index contributed by atoms with van der Waals surface area (Å²) >= 11 is 0. The lowest BCUT2D eigenvalue weighted by atomic mass is 10.1. The Balaban J connectivity index is 1.91. The van der Waals surface area contributed by atoms with E-state index in [9.17, 15) is 9.59 Å². The Morgan fingerprint density at radius 1 is 0.880 bits per heavy atom.